The van der Waals surface area contributed by atoms with E-state index in [9.17, 15) is 9.59 Å². The van der Waals surface area contributed by atoms with Crippen molar-refractivity contribution in [2.45, 2.75) is 69.5 Å². The number of nitrogens with two attached hydrogens (primary N) is 1. The van der Waals surface area contributed by atoms with Crippen LogP contribution < -0.4 is 11.1 Å². The molecule has 1 aromatic carbocycles. The van der Waals surface area contributed by atoms with Crippen molar-refractivity contribution in [3.63, 3.8) is 0 Å². The Balaban J connectivity index is 1.12. The van der Waals surface area contributed by atoms with Crippen LogP contribution in [0.4, 0.5) is 0 Å². The highest BCUT2D eigenvalue weighted by Gasteiger charge is 2.49. The molecule has 170 valence electrons. The fourth-order valence-corrected chi connectivity index (χ4v) is 7.56. The number of rotatable bonds is 5. The minimum Gasteiger partial charge on any atom is -0.361 e. The van der Waals surface area contributed by atoms with Gasteiger partial charge in [0, 0.05) is 29.7 Å². The molecule has 7 rings (SSSR count). The predicted molar refractivity (Wildman–Crippen MR) is 124 cm³/mol. The number of para-hydroxylation sites is 1. The first-order valence-electron chi connectivity index (χ1n) is 12.5. The molecule has 2 atom stereocenters. The Kier molecular flexibility index (Phi) is 5.01. The van der Waals surface area contributed by atoms with E-state index in [1.54, 1.807) is 4.90 Å². The zero-order valence-corrected chi connectivity index (χ0v) is 18.6. The van der Waals surface area contributed by atoms with Gasteiger partial charge in [0.15, 0.2) is 0 Å². The molecule has 6 nitrogen and oxygen atoms in total. The predicted octanol–water partition coefficient (Wildman–Crippen LogP) is 2.97. The number of aromatic amines is 1. The SMILES string of the molecule is NC(Cc1c[nH]c2ccccc12)C(=O)N1CCC[C@@H]1C(=O)NC1C2CC3CC(C2)CC1C3. The number of hydrogen-bond donors (Lipinski definition) is 3. The number of carbonyl (C=O) groups excluding carboxylic acids is 2. The Bertz CT molecular complexity index is 1000. The summed E-state index contributed by atoms with van der Waals surface area (Å²) in [6.45, 7) is 0.625. The molecule has 1 saturated heterocycles. The van der Waals surface area contributed by atoms with Crippen molar-refractivity contribution in [1.82, 2.24) is 15.2 Å². The molecule has 6 heteroatoms. The van der Waals surface area contributed by atoms with Crippen molar-refractivity contribution < 1.29 is 9.59 Å². The lowest BCUT2D eigenvalue weighted by Gasteiger charge is -2.54. The Morgan fingerprint density at radius 2 is 1.81 bits per heavy atom. The van der Waals surface area contributed by atoms with Gasteiger partial charge in [0.1, 0.15) is 6.04 Å². The summed E-state index contributed by atoms with van der Waals surface area (Å²) in [6.07, 6.45) is 10.5. The van der Waals surface area contributed by atoms with Crippen LogP contribution in [-0.4, -0.2) is 46.4 Å². The third-order valence-corrected chi connectivity index (χ3v) is 8.81. The molecule has 4 N–H and O–H groups in total. The molecule has 1 aliphatic heterocycles. The maximum Gasteiger partial charge on any atom is 0.243 e. The van der Waals surface area contributed by atoms with Gasteiger partial charge in [0.25, 0.3) is 0 Å². The quantitative estimate of drug-likeness (QED) is 0.676. The van der Waals surface area contributed by atoms with Crippen LogP contribution in [0.15, 0.2) is 30.5 Å². The first-order chi connectivity index (χ1) is 15.6. The molecule has 4 saturated carbocycles. The molecule has 2 amide bonds. The smallest absolute Gasteiger partial charge is 0.243 e. The van der Waals surface area contributed by atoms with E-state index in [0.717, 1.165) is 41.1 Å². The summed E-state index contributed by atoms with van der Waals surface area (Å²) in [5, 5.41) is 4.52. The van der Waals surface area contributed by atoms with Crippen molar-refractivity contribution >= 4 is 22.7 Å². The van der Waals surface area contributed by atoms with Gasteiger partial charge in [-0.1, -0.05) is 18.2 Å². The Labute approximate surface area is 189 Å². The van der Waals surface area contributed by atoms with E-state index in [0.29, 0.717) is 30.8 Å². The number of aromatic nitrogens is 1. The van der Waals surface area contributed by atoms with Crippen LogP contribution in [0.3, 0.4) is 0 Å². The molecule has 4 aliphatic carbocycles. The minimum absolute atomic E-state index is 0.0487. The average molecular weight is 435 g/mol. The van der Waals surface area contributed by atoms with Gasteiger partial charge in [-0.15, -0.1) is 0 Å². The second kappa shape index (κ2) is 7.91. The molecule has 5 fully saturated rings. The number of fused-ring (bicyclic) bond motifs is 1. The zero-order chi connectivity index (χ0) is 21.8. The van der Waals surface area contributed by atoms with E-state index in [-0.39, 0.29) is 17.9 Å². The summed E-state index contributed by atoms with van der Waals surface area (Å²) in [4.78, 5) is 31.6. The van der Waals surface area contributed by atoms with Crippen LogP contribution in [0.25, 0.3) is 10.9 Å². The molecule has 2 heterocycles. The lowest BCUT2D eigenvalue weighted by molar-refractivity contribution is -0.140. The largest absolute Gasteiger partial charge is 0.361 e. The van der Waals surface area contributed by atoms with Crippen LogP contribution in [0.2, 0.25) is 0 Å². The van der Waals surface area contributed by atoms with Crippen LogP contribution in [-0.2, 0) is 16.0 Å². The summed E-state index contributed by atoms with van der Waals surface area (Å²) in [7, 11) is 0. The maximum absolute atomic E-state index is 13.3. The summed E-state index contributed by atoms with van der Waals surface area (Å²) in [5.74, 6) is 3.01. The molecule has 32 heavy (non-hydrogen) atoms. The van der Waals surface area contributed by atoms with Gasteiger partial charge in [-0.25, -0.2) is 0 Å². The average Bonchev–Trinajstić information content (AvgIpc) is 3.43. The number of hydrogen-bond acceptors (Lipinski definition) is 3. The number of benzene rings is 1. The molecule has 1 unspecified atom stereocenters. The van der Waals surface area contributed by atoms with Gasteiger partial charge < -0.3 is 20.9 Å². The van der Waals surface area contributed by atoms with Crippen LogP contribution >= 0.6 is 0 Å². The fourth-order valence-electron chi connectivity index (χ4n) is 7.56. The number of H-pyrrole nitrogens is 1. The lowest BCUT2D eigenvalue weighted by Crippen LogP contribution is -2.59. The monoisotopic (exact) mass is 434 g/mol. The first kappa shape index (κ1) is 20.3. The number of nitrogens with one attached hydrogen (secondary N) is 2. The molecule has 1 aromatic heterocycles. The van der Waals surface area contributed by atoms with Gasteiger partial charge in [-0.05, 0) is 86.7 Å². The summed E-state index contributed by atoms with van der Waals surface area (Å²) < 4.78 is 0. The number of nitrogens with zero attached hydrogens (tertiary/aromatic N) is 1. The van der Waals surface area contributed by atoms with Crippen LogP contribution in [0.1, 0.15) is 50.5 Å². The highest BCUT2D eigenvalue weighted by molar-refractivity contribution is 5.91. The van der Waals surface area contributed by atoms with Gasteiger partial charge in [-0.3, -0.25) is 9.59 Å². The van der Waals surface area contributed by atoms with Gasteiger partial charge in [0.2, 0.25) is 11.8 Å². The second-order valence-corrected chi connectivity index (χ2v) is 10.8. The van der Waals surface area contributed by atoms with Crippen LogP contribution in [0, 0.1) is 23.7 Å². The Hall–Kier alpha value is -2.34. The van der Waals surface area contributed by atoms with Gasteiger partial charge in [-0.2, -0.15) is 0 Å². The standard InChI is InChI=1S/C26H34N4O2/c27-21(13-19-14-28-22-5-2-1-4-20(19)22)26(32)30-7-3-6-23(30)25(31)29-24-17-9-15-8-16(11-17)12-18(24)10-15/h1-2,4-5,14-18,21,23-24,28H,3,6-13,27H2,(H,29,31)/t15?,16?,17?,18?,21?,23-,24?/m1/s1. The molecular formula is C26H34N4O2. The fraction of sp³-hybridized carbons (Fsp3) is 0.615. The topological polar surface area (TPSA) is 91.2 Å². The third kappa shape index (κ3) is 3.43. The van der Waals surface area contributed by atoms with E-state index in [1.807, 2.05) is 24.4 Å². The molecule has 4 bridgehead atoms. The minimum atomic E-state index is -0.635. The third-order valence-electron chi connectivity index (χ3n) is 8.81. The zero-order valence-electron chi connectivity index (χ0n) is 18.6. The number of likely N-dealkylation sites (tertiary alicyclic amines) is 1. The summed E-state index contributed by atoms with van der Waals surface area (Å²) in [6, 6.07) is 7.38. The highest BCUT2D eigenvalue weighted by atomic mass is 16.2. The van der Waals surface area contributed by atoms with Crippen molar-refractivity contribution in [2.24, 2.45) is 29.4 Å². The highest BCUT2D eigenvalue weighted by Crippen LogP contribution is 2.53. The summed E-state index contributed by atoms with van der Waals surface area (Å²) in [5.41, 5.74) is 8.49. The van der Waals surface area contributed by atoms with E-state index in [1.165, 1.54) is 32.1 Å². The molecule has 2 aromatic rings. The molecule has 5 aliphatic rings. The lowest BCUT2D eigenvalue weighted by atomic mass is 9.54. The Morgan fingerprint density at radius 1 is 1.09 bits per heavy atom. The van der Waals surface area contributed by atoms with Gasteiger partial charge >= 0.3 is 0 Å². The normalized spacial score (nSPS) is 34.2. The maximum atomic E-state index is 13.3. The van der Waals surface area contributed by atoms with Crippen molar-refractivity contribution in [1.29, 1.82) is 0 Å². The first-order valence-corrected chi connectivity index (χ1v) is 12.5. The van der Waals surface area contributed by atoms with E-state index < -0.39 is 6.04 Å². The second-order valence-electron chi connectivity index (χ2n) is 10.8. The Morgan fingerprint density at radius 3 is 2.56 bits per heavy atom. The van der Waals surface area contributed by atoms with Crippen molar-refractivity contribution in [3.8, 4) is 0 Å². The molecule has 0 radical (unpaired) electrons. The van der Waals surface area contributed by atoms with Crippen molar-refractivity contribution in [2.75, 3.05) is 6.54 Å². The van der Waals surface area contributed by atoms with Crippen molar-refractivity contribution in [3.05, 3.63) is 36.0 Å². The van der Waals surface area contributed by atoms with E-state index in [4.69, 9.17) is 5.73 Å². The number of carbonyl (C=O) groups is 2. The molecule has 0 spiro atoms. The summed E-state index contributed by atoms with van der Waals surface area (Å²) >= 11 is 0. The number of amides is 2. The van der Waals surface area contributed by atoms with Gasteiger partial charge in [0.05, 0.1) is 6.04 Å². The molecular weight excluding hydrogens is 400 g/mol. The van der Waals surface area contributed by atoms with Crippen LogP contribution in [0.5, 0.6) is 0 Å². The van der Waals surface area contributed by atoms with E-state index in [2.05, 4.69) is 16.4 Å². The van der Waals surface area contributed by atoms with E-state index >= 15 is 0 Å².